The molecule has 5 nitrogen and oxygen atoms in total. The minimum atomic E-state index is -4.08. The van der Waals surface area contributed by atoms with E-state index in [9.17, 15) is 9.46 Å². The third kappa shape index (κ3) is 28.6. The Morgan fingerprint density at radius 1 is 0.512 bits per heavy atom. The van der Waals surface area contributed by atoms with E-state index in [2.05, 4.69) is 32.6 Å². The predicted octanol–water partition coefficient (Wildman–Crippen LogP) is 12.4. The molecule has 0 heterocycles. The predicted molar refractivity (Wildman–Crippen MR) is 180 cm³/mol. The molecule has 0 aliphatic carbocycles. The molecule has 248 valence electrons. The lowest BCUT2D eigenvalue weighted by Gasteiger charge is -2.32. The number of phosphoric ester groups is 1. The van der Waals surface area contributed by atoms with Gasteiger partial charge in [-0.15, -0.1) is 0 Å². The first kappa shape index (κ1) is 41.1. The van der Waals surface area contributed by atoms with Crippen LogP contribution in [0.3, 0.4) is 0 Å². The maximum atomic E-state index is 13.0. The second-order valence-electron chi connectivity index (χ2n) is 12.5. The fourth-order valence-electron chi connectivity index (χ4n) is 5.59. The minimum absolute atomic E-state index is 0.302. The summed E-state index contributed by atoms with van der Waals surface area (Å²) < 4.78 is 24.5. The fraction of sp³-hybridized carbons (Fsp3) is 1.00. The van der Waals surface area contributed by atoms with Crippen LogP contribution < -0.4 is 0 Å². The van der Waals surface area contributed by atoms with E-state index in [0.29, 0.717) is 6.61 Å². The van der Waals surface area contributed by atoms with Gasteiger partial charge < -0.3 is 4.89 Å². The highest BCUT2D eigenvalue weighted by molar-refractivity contribution is 7.47. The quantitative estimate of drug-likeness (QED) is 0.0450. The van der Waals surface area contributed by atoms with Crippen molar-refractivity contribution in [2.24, 2.45) is 0 Å². The lowest BCUT2D eigenvalue weighted by molar-refractivity contribution is -0.0135. The molecule has 0 spiro atoms. The van der Waals surface area contributed by atoms with Gasteiger partial charge in [0.1, 0.15) is 6.23 Å². The Balaban J connectivity index is 5.02. The number of hydrogen-bond donors (Lipinski definition) is 1. The van der Waals surface area contributed by atoms with Crippen LogP contribution in [0.1, 0.15) is 201 Å². The van der Waals surface area contributed by atoms with E-state index < -0.39 is 7.82 Å². The molecule has 0 radical (unpaired) electrons. The summed E-state index contributed by atoms with van der Waals surface area (Å²) in [5, 5.41) is 0. The van der Waals surface area contributed by atoms with Gasteiger partial charge in [0.25, 0.3) is 0 Å². The van der Waals surface area contributed by atoms with Crippen molar-refractivity contribution in [1.82, 2.24) is 4.90 Å². The second-order valence-corrected chi connectivity index (χ2v) is 13.9. The molecule has 0 saturated carbocycles. The van der Waals surface area contributed by atoms with Crippen molar-refractivity contribution in [2.45, 2.75) is 207 Å². The van der Waals surface area contributed by atoms with Crippen LogP contribution in [-0.4, -0.2) is 35.7 Å². The zero-order valence-corrected chi connectivity index (χ0v) is 29.3. The standard InChI is InChI=1S/C35H74NO4P/c1-5-9-13-17-19-21-24-28-32-36(33-29-25-22-20-18-14-10-6-2)35(31-27-23-15-11-7-3)40-41(37,38)39-34-30-26-16-12-8-4/h35H,5-34H2,1-4H3,(H,37,38). The number of rotatable bonds is 34. The lowest BCUT2D eigenvalue weighted by atomic mass is 10.1. The third-order valence-corrected chi connectivity index (χ3v) is 9.34. The smallest absolute Gasteiger partial charge is 0.302 e. The van der Waals surface area contributed by atoms with Crippen molar-refractivity contribution < 1.29 is 18.5 Å². The van der Waals surface area contributed by atoms with E-state index in [1.165, 1.54) is 122 Å². The molecule has 0 aromatic heterocycles. The van der Waals surface area contributed by atoms with E-state index >= 15 is 0 Å². The van der Waals surface area contributed by atoms with Gasteiger partial charge in [0.15, 0.2) is 0 Å². The van der Waals surface area contributed by atoms with E-state index in [4.69, 9.17) is 9.05 Å². The summed E-state index contributed by atoms with van der Waals surface area (Å²) >= 11 is 0. The topological polar surface area (TPSA) is 59.0 Å². The SMILES string of the molecule is CCCCCCCCCCN(CCCCCCCCCC)C(CCCCCCC)OP(=O)(O)OCCCCCCC. The summed E-state index contributed by atoms with van der Waals surface area (Å²) in [6.45, 7) is 11.2. The van der Waals surface area contributed by atoms with E-state index in [-0.39, 0.29) is 6.23 Å². The first-order chi connectivity index (χ1) is 20.0. The molecule has 1 N–H and O–H groups in total. The Morgan fingerprint density at radius 2 is 0.854 bits per heavy atom. The van der Waals surface area contributed by atoms with Gasteiger partial charge in [0.05, 0.1) is 6.61 Å². The third-order valence-electron chi connectivity index (χ3n) is 8.32. The number of unbranched alkanes of at least 4 members (excludes halogenated alkanes) is 22. The molecule has 2 atom stereocenters. The van der Waals surface area contributed by atoms with Crippen molar-refractivity contribution in [2.75, 3.05) is 19.7 Å². The van der Waals surface area contributed by atoms with Crippen LogP contribution in [0.15, 0.2) is 0 Å². The lowest BCUT2D eigenvalue weighted by Crippen LogP contribution is -2.38. The maximum Gasteiger partial charge on any atom is 0.473 e. The summed E-state index contributed by atoms with van der Waals surface area (Å²) in [4.78, 5) is 13.1. The summed E-state index contributed by atoms with van der Waals surface area (Å²) in [5.74, 6) is 0. The van der Waals surface area contributed by atoms with Gasteiger partial charge in [-0.05, 0) is 32.1 Å². The Morgan fingerprint density at radius 3 is 1.27 bits per heavy atom. The molecule has 0 aromatic carbocycles. The summed E-state index contributed by atoms with van der Waals surface area (Å²) in [6, 6.07) is 0. The average molecular weight is 604 g/mol. The molecule has 41 heavy (non-hydrogen) atoms. The largest absolute Gasteiger partial charge is 0.473 e. The molecular weight excluding hydrogens is 529 g/mol. The van der Waals surface area contributed by atoms with Crippen molar-refractivity contribution in [1.29, 1.82) is 0 Å². The van der Waals surface area contributed by atoms with Crippen LogP contribution in [0.2, 0.25) is 0 Å². The van der Waals surface area contributed by atoms with Crippen LogP contribution in [0.25, 0.3) is 0 Å². The van der Waals surface area contributed by atoms with E-state index in [1.54, 1.807) is 0 Å². The summed E-state index contributed by atoms with van der Waals surface area (Å²) in [7, 11) is -4.08. The molecule has 0 amide bonds. The minimum Gasteiger partial charge on any atom is -0.302 e. The zero-order valence-electron chi connectivity index (χ0n) is 28.4. The van der Waals surface area contributed by atoms with Gasteiger partial charge in [-0.3, -0.25) is 13.9 Å². The first-order valence-electron chi connectivity index (χ1n) is 18.4. The highest BCUT2D eigenvalue weighted by Gasteiger charge is 2.30. The first-order valence-corrected chi connectivity index (χ1v) is 19.9. The van der Waals surface area contributed by atoms with E-state index in [1.807, 2.05) is 0 Å². The van der Waals surface area contributed by atoms with E-state index in [0.717, 1.165) is 64.5 Å². The van der Waals surface area contributed by atoms with Crippen LogP contribution in [0.5, 0.6) is 0 Å². The van der Waals surface area contributed by atoms with Crippen LogP contribution >= 0.6 is 7.82 Å². The Hall–Kier alpha value is 0.0700. The molecule has 0 fully saturated rings. The van der Waals surface area contributed by atoms with Crippen LogP contribution in [0, 0.1) is 0 Å². The normalized spacial score (nSPS) is 14.1. The monoisotopic (exact) mass is 604 g/mol. The van der Waals surface area contributed by atoms with Crippen molar-refractivity contribution >= 4 is 7.82 Å². The van der Waals surface area contributed by atoms with Gasteiger partial charge >= 0.3 is 7.82 Å². The van der Waals surface area contributed by atoms with Gasteiger partial charge in [0.2, 0.25) is 0 Å². The van der Waals surface area contributed by atoms with Gasteiger partial charge in [-0.25, -0.2) is 4.57 Å². The van der Waals surface area contributed by atoms with Gasteiger partial charge in [-0.2, -0.15) is 0 Å². The molecule has 0 rings (SSSR count). The Bertz CT molecular complexity index is 542. The fourth-order valence-corrected chi connectivity index (χ4v) is 6.56. The average Bonchev–Trinajstić information content (AvgIpc) is 2.95. The Kier molecular flexibility index (Phi) is 31.5. The van der Waals surface area contributed by atoms with Gasteiger partial charge in [-0.1, -0.05) is 169 Å². The highest BCUT2D eigenvalue weighted by Crippen LogP contribution is 2.46. The molecule has 0 bridgehead atoms. The highest BCUT2D eigenvalue weighted by atomic mass is 31.2. The van der Waals surface area contributed by atoms with Crippen LogP contribution in [0.4, 0.5) is 0 Å². The number of phosphoric acid groups is 1. The maximum absolute atomic E-state index is 13.0. The van der Waals surface area contributed by atoms with Crippen LogP contribution in [-0.2, 0) is 13.6 Å². The molecule has 0 aliphatic rings. The van der Waals surface area contributed by atoms with Crippen molar-refractivity contribution in [3.63, 3.8) is 0 Å². The second kappa shape index (κ2) is 31.5. The summed E-state index contributed by atoms with van der Waals surface area (Å²) in [6.07, 6.45) is 32.5. The number of hydrogen-bond acceptors (Lipinski definition) is 4. The summed E-state index contributed by atoms with van der Waals surface area (Å²) in [5.41, 5.74) is 0. The molecule has 6 heteroatoms. The molecule has 0 aliphatic heterocycles. The number of nitrogens with zero attached hydrogens (tertiary/aromatic N) is 1. The van der Waals surface area contributed by atoms with Crippen molar-refractivity contribution in [3.05, 3.63) is 0 Å². The molecule has 2 unspecified atom stereocenters. The van der Waals surface area contributed by atoms with Gasteiger partial charge in [0, 0.05) is 13.1 Å². The van der Waals surface area contributed by atoms with Crippen molar-refractivity contribution in [3.8, 4) is 0 Å². The Labute approximate surface area is 257 Å². The molecule has 0 saturated heterocycles. The molecule has 0 aromatic rings. The molecular formula is C35H74NO4P. The zero-order chi connectivity index (χ0) is 30.3.